The molecule has 0 bridgehead atoms. The van der Waals surface area contributed by atoms with Crippen LogP contribution in [-0.2, 0) is 0 Å². The van der Waals surface area contributed by atoms with Crippen molar-refractivity contribution in [1.82, 2.24) is 0 Å². The normalized spacial score (nSPS) is 8.53. The van der Waals surface area contributed by atoms with E-state index in [1.165, 1.54) is 6.42 Å². The third kappa shape index (κ3) is 8.92. The minimum absolute atomic E-state index is 0.834. The largest absolute Gasteiger partial charge is 0.398 e. The molecule has 0 unspecified atom stereocenters. The van der Waals surface area contributed by atoms with Gasteiger partial charge >= 0.3 is 13.6 Å². The van der Waals surface area contributed by atoms with Gasteiger partial charge in [-0.3, -0.25) is 0 Å². The van der Waals surface area contributed by atoms with Crippen LogP contribution < -0.4 is 5.73 Å². The van der Waals surface area contributed by atoms with Gasteiger partial charge in [0, 0.05) is 5.69 Å². The molecule has 0 heterocycles. The topological polar surface area (TPSA) is 26.0 Å². The zero-order valence-corrected chi connectivity index (χ0v) is 9.90. The molecule has 0 aromatic heterocycles. The molecule has 0 fully saturated rings. The van der Waals surface area contributed by atoms with Crippen molar-refractivity contribution in [3.63, 3.8) is 0 Å². The number of para-hydroxylation sites is 1. The smallest absolute Gasteiger partial charge is 0.0387 e. The fourth-order valence-electron chi connectivity index (χ4n) is 0.842. The number of nitrogens with two attached hydrogens (primary N) is 1. The predicted molar refractivity (Wildman–Crippen MR) is 72.2 cm³/mol. The van der Waals surface area contributed by atoms with Crippen molar-refractivity contribution in [3.05, 3.63) is 35.9 Å². The van der Waals surface area contributed by atoms with Crippen LogP contribution in [0.3, 0.4) is 0 Å². The van der Waals surface area contributed by atoms with Crippen molar-refractivity contribution >= 4 is 19.1 Å². The van der Waals surface area contributed by atoms with Crippen molar-refractivity contribution < 1.29 is 0 Å². The van der Waals surface area contributed by atoms with Crippen LogP contribution in [0.5, 0.6) is 0 Å². The van der Waals surface area contributed by atoms with Crippen LogP contribution in [0.15, 0.2) is 30.3 Å². The number of rotatable bonds is 1. The molecule has 0 saturated carbocycles. The summed E-state index contributed by atoms with van der Waals surface area (Å²) in [4.78, 5) is 0. The SMILES string of the molecule is B#C.C/C=C\c1ccccc1N.CCC. The van der Waals surface area contributed by atoms with E-state index >= 15 is 0 Å². The van der Waals surface area contributed by atoms with Gasteiger partial charge in [0.15, 0.2) is 0 Å². The van der Waals surface area contributed by atoms with Crippen LogP contribution in [0.1, 0.15) is 32.8 Å². The molecular formula is C13H20BN. The number of hydrogen-bond acceptors (Lipinski definition) is 1. The minimum Gasteiger partial charge on any atom is -0.398 e. The van der Waals surface area contributed by atoms with Crippen LogP contribution in [0.25, 0.3) is 6.08 Å². The molecule has 0 aliphatic rings. The van der Waals surface area contributed by atoms with Crippen LogP contribution >= 0.6 is 0 Å². The molecule has 1 aromatic rings. The second kappa shape index (κ2) is 12.6. The van der Waals surface area contributed by atoms with E-state index in [9.17, 15) is 0 Å². The van der Waals surface area contributed by atoms with Gasteiger partial charge in [-0.25, -0.2) is 0 Å². The maximum absolute atomic E-state index is 5.66. The third-order valence-electron chi connectivity index (χ3n) is 1.34. The number of hydrogen-bond donors (Lipinski definition) is 1. The average Bonchev–Trinajstić information content (AvgIpc) is 2.26. The van der Waals surface area contributed by atoms with E-state index in [1.54, 1.807) is 0 Å². The summed E-state index contributed by atoms with van der Waals surface area (Å²) in [6, 6.07) is 7.80. The molecule has 0 radical (unpaired) electrons. The fraction of sp³-hybridized carbons (Fsp3) is 0.308. The summed E-state index contributed by atoms with van der Waals surface area (Å²) < 4.78 is 0. The van der Waals surface area contributed by atoms with Crippen molar-refractivity contribution in [1.29, 1.82) is 0 Å². The Labute approximate surface area is 94.8 Å². The van der Waals surface area contributed by atoms with Crippen LogP contribution in [0.2, 0.25) is 0 Å². The van der Waals surface area contributed by atoms with Gasteiger partial charge in [-0.2, -0.15) is 0 Å². The molecule has 0 amide bonds. The van der Waals surface area contributed by atoms with Crippen LogP contribution in [0, 0.1) is 6.31 Å². The molecule has 1 aromatic carbocycles. The van der Waals surface area contributed by atoms with E-state index in [0.717, 1.165) is 11.3 Å². The standard InChI is InChI=1S/C9H11N.C3H8.CHB/c1-2-5-8-6-3-4-7-9(8)10;1-3-2;1-2/h2-7H,10H2,1H3;3H2,1-2H3;1H/b5-2-;;. The summed E-state index contributed by atoms with van der Waals surface area (Å²) in [5.41, 5.74) is 7.58. The second-order valence-corrected chi connectivity index (χ2v) is 2.84. The summed E-state index contributed by atoms with van der Waals surface area (Å²) in [6.45, 7) is 6.23. The van der Waals surface area contributed by atoms with E-state index in [4.69, 9.17) is 5.73 Å². The molecule has 2 N–H and O–H groups in total. The van der Waals surface area contributed by atoms with Gasteiger partial charge in [0.2, 0.25) is 0 Å². The van der Waals surface area contributed by atoms with Crippen molar-refractivity contribution in [2.75, 3.05) is 5.73 Å². The molecule has 1 rings (SSSR count). The fourth-order valence-corrected chi connectivity index (χ4v) is 0.842. The Hall–Kier alpha value is -1.40. The maximum atomic E-state index is 5.66. The van der Waals surface area contributed by atoms with Gasteiger partial charge in [0.25, 0.3) is 0 Å². The number of allylic oxidation sites excluding steroid dienone is 1. The summed E-state index contributed by atoms with van der Waals surface area (Å²) in [7, 11) is 4.00. The van der Waals surface area contributed by atoms with Crippen molar-refractivity contribution in [3.8, 4) is 6.31 Å². The van der Waals surface area contributed by atoms with E-state index in [-0.39, 0.29) is 0 Å². The summed E-state index contributed by atoms with van der Waals surface area (Å²) >= 11 is 0. The molecule has 0 aliphatic carbocycles. The van der Waals surface area contributed by atoms with Gasteiger partial charge in [-0.05, 0) is 18.6 Å². The molecule has 1 nitrogen and oxygen atoms in total. The van der Waals surface area contributed by atoms with Gasteiger partial charge in [0.05, 0.1) is 0 Å². The zero-order chi connectivity index (χ0) is 12.1. The number of benzene rings is 1. The first-order chi connectivity index (χ1) is 7.26. The second-order valence-electron chi connectivity index (χ2n) is 2.84. The summed E-state index contributed by atoms with van der Waals surface area (Å²) in [6.07, 6.45) is 9.22. The Morgan fingerprint density at radius 1 is 1.27 bits per heavy atom. The number of anilines is 1. The Balaban J connectivity index is 0. The first kappa shape index (κ1) is 16.1. The molecular weight excluding hydrogens is 181 g/mol. The maximum Gasteiger partial charge on any atom is 0.0387 e. The number of nitrogen functional groups attached to an aromatic ring is 1. The van der Waals surface area contributed by atoms with Gasteiger partial charge in [-0.15, -0.1) is 0 Å². The van der Waals surface area contributed by atoms with E-state index in [2.05, 4.69) is 27.5 Å². The average molecular weight is 201 g/mol. The quantitative estimate of drug-likeness (QED) is 0.546. The van der Waals surface area contributed by atoms with E-state index < -0.39 is 0 Å². The minimum atomic E-state index is 0.834. The van der Waals surface area contributed by atoms with Gasteiger partial charge in [-0.1, -0.05) is 50.6 Å². The molecule has 0 aliphatic heterocycles. The molecule has 15 heavy (non-hydrogen) atoms. The van der Waals surface area contributed by atoms with E-state index in [0.29, 0.717) is 0 Å². The molecule has 0 atom stereocenters. The van der Waals surface area contributed by atoms with Crippen LogP contribution in [-0.4, -0.2) is 7.33 Å². The van der Waals surface area contributed by atoms with E-state index in [1.807, 2.05) is 43.3 Å². The Kier molecular flexibility index (Phi) is 13.5. The van der Waals surface area contributed by atoms with Crippen LogP contribution in [0.4, 0.5) is 5.69 Å². The molecule has 0 saturated heterocycles. The van der Waals surface area contributed by atoms with Crippen molar-refractivity contribution in [2.45, 2.75) is 27.2 Å². The Bertz CT molecular complexity index is 290. The van der Waals surface area contributed by atoms with Gasteiger partial charge < -0.3 is 5.73 Å². The Morgan fingerprint density at radius 2 is 1.73 bits per heavy atom. The summed E-state index contributed by atoms with van der Waals surface area (Å²) in [5.74, 6) is 0. The predicted octanol–water partition coefficient (Wildman–Crippen LogP) is 3.46. The third-order valence-corrected chi connectivity index (χ3v) is 1.34. The molecule has 80 valence electrons. The molecule has 2 heteroatoms. The first-order valence-corrected chi connectivity index (χ1v) is 5.06. The van der Waals surface area contributed by atoms with Crippen molar-refractivity contribution in [2.24, 2.45) is 0 Å². The Morgan fingerprint density at radius 3 is 2.13 bits per heavy atom. The van der Waals surface area contributed by atoms with Gasteiger partial charge in [0.1, 0.15) is 0 Å². The monoisotopic (exact) mass is 201 g/mol. The first-order valence-electron chi connectivity index (χ1n) is 5.06. The summed E-state index contributed by atoms with van der Waals surface area (Å²) in [5, 5.41) is 0. The molecule has 0 spiro atoms. The zero-order valence-electron chi connectivity index (χ0n) is 9.90.